The number of rotatable bonds is 2. The molecule has 0 aromatic carbocycles. The first-order valence-electron chi connectivity index (χ1n) is 8.78. The highest BCUT2D eigenvalue weighted by Crippen LogP contribution is 2.32. The number of anilines is 1. The smallest absolute Gasteiger partial charge is 0.162 e. The third-order valence-electron chi connectivity index (χ3n) is 5.08. The third-order valence-corrected chi connectivity index (χ3v) is 6.17. The van der Waals surface area contributed by atoms with Gasteiger partial charge in [-0.2, -0.15) is 0 Å². The average molecular weight is 356 g/mol. The number of fused-ring (bicyclic) bond motifs is 2. The Bertz CT molecular complexity index is 913. The minimum atomic E-state index is 0.110. The van der Waals surface area contributed by atoms with Crippen LogP contribution >= 0.6 is 11.3 Å². The van der Waals surface area contributed by atoms with Crippen molar-refractivity contribution in [1.82, 2.24) is 24.7 Å². The number of hydrogen-bond acceptors (Lipinski definition) is 7. The van der Waals surface area contributed by atoms with Gasteiger partial charge in [0, 0.05) is 32.7 Å². The molecule has 1 unspecified atom stereocenters. The topological polar surface area (TPSA) is 69.0 Å². The van der Waals surface area contributed by atoms with Crippen LogP contribution in [0.3, 0.4) is 0 Å². The lowest BCUT2D eigenvalue weighted by Crippen LogP contribution is -2.28. The number of thiophene rings is 1. The summed E-state index contributed by atoms with van der Waals surface area (Å²) < 4.78 is 9.26. The summed E-state index contributed by atoms with van der Waals surface area (Å²) >= 11 is 1.73. The highest BCUT2D eigenvalue weighted by molar-refractivity contribution is 7.18. The van der Waals surface area contributed by atoms with Gasteiger partial charge in [-0.1, -0.05) is 0 Å². The summed E-state index contributed by atoms with van der Waals surface area (Å²) in [6, 6.07) is 0. The van der Waals surface area contributed by atoms with Crippen molar-refractivity contribution in [2.24, 2.45) is 0 Å². The lowest BCUT2D eigenvalue weighted by atomic mass is 10.2. The highest BCUT2D eigenvalue weighted by atomic mass is 32.1. The van der Waals surface area contributed by atoms with E-state index in [0.29, 0.717) is 0 Å². The van der Waals surface area contributed by atoms with E-state index in [4.69, 9.17) is 4.74 Å². The van der Waals surface area contributed by atoms with Gasteiger partial charge in [0.2, 0.25) is 0 Å². The fourth-order valence-corrected chi connectivity index (χ4v) is 4.78. The molecule has 0 saturated carbocycles. The maximum Gasteiger partial charge on any atom is 0.162 e. The molecule has 0 amide bonds. The maximum absolute atomic E-state index is 5.82. The fourth-order valence-electron chi connectivity index (χ4n) is 3.76. The zero-order valence-electron chi connectivity index (χ0n) is 14.2. The van der Waals surface area contributed by atoms with Crippen molar-refractivity contribution >= 4 is 27.4 Å². The molecule has 1 atom stereocenters. The van der Waals surface area contributed by atoms with Crippen LogP contribution in [0.1, 0.15) is 36.2 Å². The van der Waals surface area contributed by atoms with Gasteiger partial charge in [0.25, 0.3) is 0 Å². The van der Waals surface area contributed by atoms with Crippen LogP contribution in [0.4, 0.5) is 5.82 Å². The second kappa shape index (κ2) is 6.03. The van der Waals surface area contributed by atoms with E-state index in [1.54, 1.807) is 17.7 Å². The molecule has 2 aliphatic rings. The Morgan fingerprint density at radius 3 is 3.04 bits per heavy atom. The van der Waals surface area contributed by atoms with E-state index in [2.05, 4.69) is 41.9 Å². The van der Waals surface area contributed by atoms with Gasteiger partial charge in [-0.3, -0.25) is 0 Å². The summed E-state index contributed by atoms with van der Waals surface area (Å²) in [6.45, 7) is 5.59. The van der Waals surface area contributed by atoms with Gasteiger partial charge in [-0.15, -0.1) is 21.5 Å². The molecule has 8 heteroatoms. The van der Waals surface area contributed by atoms with Gasteiger partial charge in [0.15, 0.2) is 5.82 Å². The van der Waals surface area contributed by atoms with Gasteiger partial charge in [0.1, 0.15) is 24.1 Å². The zero-order valence-corrected chi connectivity index (χ0v) is 15.0. The van der Waals surface area contributed by atoms with Gasteiger partial charge >= 0.3 is 0 Å². The Balaban J connectivity index is 1.45. The molecule has 5 rings (SSSR count). The molecule has 0 radical (unpaired) electrons. The minimum absolute atomic E-state index is 0.110. The van der Waals surface area contributed by atoms with Crippen LogP contribution in [0.15, 0.2) is 11.7 Å². The molecule has 0 spiro atoms. The average Bonchev–Trinajstić information content (AvgIpc) is 3.33. The Morgan fingerprint density at radius 2 is 2.16 bits per heavy atom. The summed E-state index contributed by atoms with van der Waals surface area (Å²) in [7, 11) is 0. The van der Waals surface area contributed by atoms with E-state index in [1.165, 1.54) is 10.3 Å². The van der Waals surface area contributed by atoms with Crippen molar-refractivity contribution in [2.75, 3.05) is 24.6 Å². The first-order chi connectivity index (χ1) is 12.3. The predicted octanol–water partition coefficient (Wildman–Crippen LogP) is 2.51. The second-order valence-electron chi connectivity index (χ2n) is 6.66. The van der Waals surface area contributed by atoms with Crippen molar-refractivity contribution in [1.29, 1.82) is 0 Å². The van der Waals surface area contributed by atoms with Crippen LogP contribution in [0.2, 0.25) is 0 Å². The molecule has 7 nitrogen and oxygen atoms in total. The number of aromatic nitrogens is 5. The zero-order chi connectivity index (χ0) is 16.8. The molecule has 5 heterocycles. The standard InChI is InChI=1S/C17H20N6OS/c1-11-9-25-15-14(11)18-10-19-17(15)22-5-4-13-20-21-16(23(13)7-6-22)12-3-2-8-24-12/h9-10,12H,2-8H2,1H3. The van der Waals surface area contributed by atoms with Crippen molar-refractivity contribution in [3.05, 3.63) is 28.9 Å². The molecular formula is C17H20N6OS. The summed E-state index contributed by atoms with van der Waals surface area (Å²) in [5.74, 6) is 3.09. The number of nitrogens with zero attached hydrogens (tertiary/aromatic N) is 6. The molecule has 1 saturated heterocycles. The van der Waals surface area contributed by atoms with Crippen molar-refractivity contribution in [3.8, 4) is 0 Å². The van der Waals surface area contributed by atoms with E-state index in [9.17, 15) is 0 Å². The predicted molar refractivity (Wildman–Crippen MR) is 96.0 cm³/mol. The Labute approximate surface area is 149 Å². The summed E-state index contributed by atoms with van der Waals surface area (Å²) in [4.78, 5) is 11.4. The Kier molecular flexibility index (Phi) is 3.67. The van der Waals surface area contributed by atoms with Gasteiger partial charge in [-0.25, -0.2) is 9.97 Å². The first-order valence-corrected chi connectivity index (χ1v) is 9.66. The largest absolute Gasteiger partial charge is 0.370 e. The molecule has 3 aromatic heterocycles. The minimum Gasteiger partial charge on any atom is -0.370 e. The van der Waals surface area contributed by atoms with Crippen LogP contribution in [0, 0.1) is 6.92 Å². The second-order valence-corrected chi connectivity index (χ2v) is 7.54. The highest BCUT2D eigenvalue weighted by Gasteiger charge is 2.27. The summed E-state index contributed by atoms with van der Waals surface area (Å²) in [6.07, 6.45) is 4.81. The monoisotopic (exact) mass is 356 g/mol. The van der Waals surface area contributed by atoms with E-state index in [1.807, 2.05) is 0 Å². The fraction of sp³-hybridized carbons (Fsp3) is 0.529. The lowest BCUT2D eigenvalue weighted by molar-refractivity contribution is 0.101. The van der Waals surface area contributed by atoms with Gasteiger partial charge in [-0.05, 0) is 30.7 Å². The van der Waals surface area contributed by atoms with E-state index >= 15 is 0 Å². The molecule has 130 valence electrons. The molecule has 1 fully saturated rings. The molecular weight excluding hydrogens is 336 g/mol. The Morgan fingerprint density at radius 1 is 1.20 bits per heavy atom. The molecule has 25 heavy (non-hydrogen) atoms. The SMILES string of the molecule is Cc1csc2c(N3CCc4nnc(C5CCCO5)n4CC3)ncnc12. The van der Waals surface area contributed by atoms with Crippen LogP contribution in [0.25, 0.3) is 10.2 Å². The number of hydrogen-bond donors (Lipinski definition) is 0. The number of ether oxygens (including phenoxy) is 1. The van der Waals surface area contributed by atoms with E-state index in [-0.39, 0.29) is 6.10 Å². The van der Waals surface area contributed by atoms with E-state index in [0.717, 1.165) is 68.5 Å². The first kappa shape index (κ1) is 15.2. The van der Waals surface area contributed by atoms with Crippen LogP contribution in [-0.2, 0) is 17.7 Å². The van der Waals surface area contributed by atoms with Crippen molar-refractivity contribution < 1.29 is 4.74 Å². The summed E-state index contributed by atoms with van der Waals surface area (Å²) in [5.41, 5.74) is 2.29. The van der Waals surface area contributed by atoms with Crippen LogP contribution in [0.5, 0.6) is 0 Å². The van der Waals surface area contributed by atoms with E-state index < -0.39 is 0 Å². The quantitative estimate of drug-likeness (QED) is 0.703. The van der Waals surface area contributed by atoms with Crippen molar-refractivity contribution in [2.45, 2.75) is 38.8 Å². The molecule has 0 aliphatic carbocycles. The molecule has 2 aliphatic heterocycles. The third kappa shape index (κ3) is 2.51. The van der Waals surface area contributed by atoms with Crippen LogP contribution in [-0.4, -0.2) is 44.4 Å². The number of aryl methyl sites for hydroxylation is 1. The molecule has 0 N–H and O–H groups in total. The van der Waals surface area contributed by atoms with Gasteiger partial charge in [0.05, 0.1) is 10.2 Å². The lowest BCUT2D eigenvalue weighted by Gasteiger charge is -2.21. The maximum atomic E-state index is 5.82. The summed E-state index contributed by atoms with van der Waals surface area (Å²) in [5, 5.41) is 11.0. The normalized spacial score (nSPS) is 20.8. The van der Waals surface area contributed by atoms with Gasteiger partial charge < -0.3 is 14.2 Å². The molecule has 0 bridgehead atoms. The van der Waals surface area contributed by atoms with Crippen molar-refractivity contribution in [3.63, 3.8) is 0 Å². The Hall–Kier alpha value is -2.06. The van der Waals surface area contributed by atoms with Crippen LogP contribution < -0.4 is 4.90 Å². The molecule has 3 aromatic rings.